The van der Waals surface area contributed by atoms with Crippen LogP contribution in [0, 0.1) is 0 Å². The second kappa shape index (κ2) is 8.73. The first kappa shape index (κ1) is 19.0. The minimum absolute atomic E-state index is 0.000296. The van der Waals surface area contributed by atoms with Crippen molar-refractivity contribution in [3.63, 3.8) is 0 Å². The van der Waals surface area contributed by atoms with E-state index in [1.54, 1.807) is 18.2 Å². The quantitative estimate of drug-likeness (QED) is 0.850. The van der Waals surface area contributed by atoms with Crippen LogP contribution in [0.3, 0.4) is 0 Å². The number of aliphatic carboxylic acids is 1. The molecule has 142 valence electrons. The van der Waals surface area contributed by atoms with Crippen molar-refractivity contribution in [1.29, 1.82) is 0 Å². The number of nitrogens with zero attached hydrogens (tertiary/aromatic N) is 2. The van der Waals surface area contributed by atoms with E-state index < -0.39 is 5.97 Å². The number of piperidine rings is 2. The lowest BCUT2D eigenvalue weighted by atomic mass is 10.1. The highest BCUT2D eigenvalue weighted by Crippen LogP contribution is 2.28. The van der Waals surface area contributed by atoms with Crippen LogP contribution in [0.2, 0.25) is 5.02 Å². The van der Waals surface area contributed by atoms with Gasteiger partial charge in [-0.2, -0.15) is 0 Å². The summed E-state index contributed by atoms with van der Waals surface area (Å²) < 4.78 is 6.13. The number of amides is 1. The summed E-state index contributed by atoms with van der Waals surface area (Å²) >= 11 is 6.13. The lowest BCUT2D eigenvalue weighted by Crippen LogP contribution is -2.41. The summed E-state index contributed by atoms with van der Waals surface area (Å²) in [5.74, 6) is -0.280. The SMILES string of the molecule is O=C(O)CN1CCC(Oc2cc(Cl)ccc2C(=O)N2CCCCC2)CC1. The van der Waals surface area contributed by atoms with E-state index in [1.165, 1.54) is 6.42 Å². The van der Waals surface area contributed by atoms with Gasteiger partial charge in [0.25, 0.3) is 5.91 Å². The zero-order valence-electron chi connectivity index (χ0n) is 14.8. The summed E-state index contributed by atoms with van der Waals surface area (Å²) in [5, 5.41) is 9.43. The fourth-order valence-electron chi connectivity index (χ4n) is 3.59. The third-order valence-electron chi connectivity index (χ3n) is 5.00. The molecule has 3 rings (SSSR count). The van der Waals surface area contributed by atoms with Crippen molar-refractivity contribution in [2.45, 2.75) is 38.2 Å². The molecule has 2 aliphatic rings. The van der Waals surface area contributed by atoms with Crippen LogP contribution in [0.15, 0.2) is 18.2 Å². The van der Waals surface area contributed by atoms with E-state index in [2.05, 4.69) is 0 Å². The molecule has 1 amide bonds. The minimum atomic E-state index is -0.811. The van der Waals surface area contributed by atoms with Gasteiger partial charge in [-0.15, -0.1) is 0 Å². The average molecular weight is 381 g/mol. The topological polar surface area (TPSA) is 70.1 Å². The van der Waals surface area contributed by atoms with E-state index in [0.29, 0.717) is 29.4 Å². The fraction of sp³-hybridized carbons (Fsp3) is 0.579. The van der Waals surface area contributed by atoms with E-state index in [4.69, 9.17) is 21.4 Å². The maximum absolute atomic E-state index is 12.9. The van der Waals surface area contributed by atoms with Gasteiger partial charge in [0.1, 0.15) is 11.9 Å². The van der Waals surface area contributed by atoms with Crippen LogP contribution in [-0.2, 0) is 4.79 Å². The summed E-state index contributed by atoms with van der Waals surface area (Å²) in [6, 6.07) is 5.18. The molecule has 0 atom stereocenters. The Hall–Kier alpha value is -1.79. The number of carboxylic acid groups (broad SMARTS) is 1. The number of hydrogen-bond acceptors (Lipinski definition) is 4. The molecule has 0 aromatic heterocycles. The van der Waals surface area contributed by atoms with Gasteiger partial charge in [-0.3, -0.25) is 14.5 Å². The Kier molecular flexibility index (Phi) is 6.38. The molecule has 0 saturated carbocycles. The first-order valence-corrected chi connectivity index (χ1v) is 9.60. The number of rotatable bonds is 5. The number of carbonyl (C=O) groups excluding carboxylic acids is 1. The molecule has 1 N–H and O–H groups in total. The average Bonchev–Trinajstić information content (AvgIpc) is 2.63. The zero-order chi connectivity index (χ0) is 18.5. The Morgan fingerprint density at radius 3 is 2.46 bits per heavy atom. The molecule has 0 radical (unpaired) electrons. The number of carbonyl (C=O) groups is 2. The summed E-state index contributed by atoms with van der Waals surface area (Å²) in [4.78, 5) is 27.5. The molecular weight excluding hydrogens is 356 g/mol. The predicted molar refractivity (Wildman–Crippen MR) is 98.9 cm³/mol. The van der Waals surface area contributed by atoms with Gasteiger partial charge in [0.15, 0.2) is 0 Å². The van der Waals surface area contributed by atoms with Crippen molar-refractivity contribution >= 4 is 23.5 Å². The molecule has 0 spiro atoms. The van der Waals surface area contributed by atoms with E-state index in [-0.39, 0.29) is 18.6 Å². The van der Waals surface area contributed by atoms with Crippen LogP contribution in [0.5, 0.6) is 5.75 Å². The van der Waals surface area contributed by atoms with Gasteiger partial charge >= 0.3 is 5.97 Å². The Morgan fingerprint density at radius 1 is 1.12 bits per heavy atom. The van der Waals surface area contributed by atoms with Crippen LogP contribution >= 0.6 is 11.6 Å². The Morgan fingerprint density at radius 2 is 1.81 bits per heavy atom. The Bertz CT molecular complexity index is 653. The van der Waals surface area contributed by atoms with Crippen molar-refractivity contribution in [3.8, 4) is 5.75 Å². The van der Waals surface area contributed by atoms with E-state index in [0.717, 1.165) is 38.8 Å². The van der Waals surface area contributed by atoms with Crippen LogP contribution in [-0.4, -0.2) is 65.6 Å². The molecule has 7 heteroatoms. The number of ether oxygens (including phenoxy) is 1. The molecule has 2 aliphatic heterocycles. The number of carboxylic acids is 1. The van der Waals surface area contributed by atoms with E-state index in [9.17, 15) is 9.59 Å². The number of benzene rings is 1. The Balaban J connectivity index is 1.67. The third-order valence-corrected chi connectivity index (χ3v) is 5.24. The van der Waals surface area contributed by atoms with Gasteiger partial charge in [-0.05, 0) is 50.3 Å². The van der Waals surface area contributed by atoms with Crippen LogP contribution in [0.4, 0.5) is 0 Å². The summed E-state index contributed by atoms with van der Waals surface area (Å²) in [7, 11) is 0. The van der Waals surface area contributed by atoms with Gasteiger partial charge in [0.05, 0.1) is 12.1 Å². The first-order valence-electron chi connectivity index (χ1n) is 9.22. The van der Waals surface area contributed by atoms with E-state index in [1.807, 2.05) is 9.80 Å². The molecule has 0 unspecified atom stereocenters. The smallest absolute Gasteiger partial charge is 0.317 e. The summed E-state index contributed by atoms with van der Waals surface area (Å²) in [6.45, 7) is 2.98. The lowest BCUT2D eigenvalue weighted by molar-refractivity contribution is -0.138. The monoisotopic (exact) mass is 380 g/mol. The second-order valence-electron chi connectivity index (χ2n) is 6.98. The highest BCUT2D eigenvalue weighted by atomic mass is 35.5. The highest BCUT2D eigenvalue weighted by molar-refractivity contribution is 6.30. The molecule has 2 heterocycles. The standard InChI is InChI=1S/C19H25ClN2O4/c20-14-4-5-16(19(25)22-8-2-1-3-9-22)17(12-14)26-15-6-10-21(11-7-15)13-18(23)24/h4-5,12,15H,1-3,6-11,13H2,(H,23,24). The van der Waals surface area contributed by atoms with Crippen molar-refractivity contribution in [2.75, 3.05) is 32.7 Å². The Labute approximate surface area is 158 Å². The first-order chi connectivity index (χ1) is 12.5. The van der Waals surface area contributed by atoms with Crippen molar-refractivity contribution < 1.29 is 19.4 Å². The second-order valence-corrected chi connectivity index (χ2v) is 7.42. The molecule has 0 aliphatic carbocycles. The van der Waals surface area contributed by atoms with Crippen molar-refractivity contribution in [1.82, 2.24) is 9.80 Å². The normalized spacial score (nSPS) is 19.3. The molecule has 1 aromatic carbocycles. The molecule has 2 saturated heterocycles. The van der Waals surface area contributed by atoms with Gasteiger partial charge in [-0.1, -0.05) is 11.6 Å². The summed E-state index contributed by atoms with van der Waals surface area (Å²) in [6.07, 6.45) is 4.68. The van der Waals surface area contributed by atoms with Gasteiger partial charge < -0.3 is 14.7 Å². The van der Waals surface area contributed by atoms with Crippen LogP contribution in [0.1, 0.15) is 42.5 Å². The van der Waals surface area contributed by atoms with E-state index >= 15 is 0 Å². The molecule has 6 nitrogen and oxygen atoms in total. The zero-order valence-corrected chi connectivity index (χ0v) is 15.6. The van der Waals surface area contributed by atoms with Crippen molar-refractivity contribution in [2.24, 2.45) is 0 Å². The largest absolute Gasteiger partial charge is 0.489 e. The number of hydrogen-bond donors (Lipinski definition) is 1. The number of halogens is 1. The van der Waals surface area contributed by atoms with Gasteiger partial charge in [0.2, 0.25) is 0 Å². The van der Waals surface area contributed by atoms with Crippen molar-refractivity contribution in [3.05, 3.63) is 28.8 Å². The highest BCUT2D eigenvalue weighted by Gasteiger charge is 2.26. The molecular formula is C19H25ClN2O4. The number of likely N-dealkylation sites (tertiary alicyclic amines) is 2. The lowest BCUT2D eigenvalue weighted by Gasteiger charge is -2.32. The van der Waals surface area contributed by atoms with Crippen LogP contribution in [0.25, 0.3) is 0 Å². The van der Waals surface area contributed by atoms with Crippen LogP contribution < -0.4 is 4.74 Å². The third kappa shape index (κ3) is 4.89. The maximum atomic E-state index is 12.9. The maximum Gasteiger partial charge on any atom is 0.317 e. The molecule has 2 fully saturated rings. The molecule has 1 aromatic rings. The molecule has 26 heavy (non-hydrogen) atoms. The predicted octanol–water partition coefficient (Wildman–Crippen LogP) is 2.89. The fourth-order valence-corrected chi connectivity index (χ4v) is 3.76. The molecule has 0 bridgehead atoms. The van der Waals surface area contributed by atoms with Gasteiger partial charge in [0, 0.05) is 31.2 Å². The minimum Gasteiger partial charge on any atom is -0.489 e. The van der Waals surface area contributed by atoms with Gasteiger partial charge in [-0.25, -0.2) is 0 Å². The summed E-state index contributed by atoms with van der Waals surface area (Å²) in [5.41, 5.74) is 0.560.